The minimum absolute atomic E-state index is 0.203. The van der Waals surface area contributed by atoms with Crippen LogP contribution in [-0.4, -0.2) is 3.71 Å². The maximum atomic E-state index is 2.35. The molecule has 0 fully saturated rings. The van der Waals surface area contributed by atoms with Crippen molar-refractivity contribution in [2.45, 2.75) is 66.2 Å². The first-order valence-corrected chi connectivity index (χ1v) is 13.6. The van der Waals surface area contributed by atoms with Gasteiger partial charge in [-0.1, -0.05) is 89.9 Å². The second-order valence-corrected chi connectivity index (χ2v) is 12.6. The fourth-order valence-corrected chi connectivity index (χ4v) is 4.26. The van der Waals surface area contributed by atoms with Crippen molar-refractivity contribution in [2.24, 2.45) is 0 Å². The van der Waals surface area contributed by atoms with Gasteiger partial charge in [0.15, 0.2) is 0 Å². The summed E-state index contributed by atoms with van der Waals surface area (Å²) < 4.78 is 2.09. The molecule has 34 heavy (non-hydrogen) atoms. The van der Waals surface area contributed by atoms with Gasteiger partial charge in [-0.05, 0) is 10.8 Å². The molecule has 0 spiro atoms. The molecule has 0 N–H and O–H groups in total. The molecule has 0 nitrogen and oxygen atoms in total. The summed E-state index contributed by atoms with van der Waals surface area (Å²) in [7, 11) is 0. The molecule has 0 unspecified atom stereocenters. The van der Waals surface area contributed by atoms with Gasteiger partial charge in [-0.3, -0.25) is 0 Å². The van der Waals surface area contributed by atoms with Crippen LogP contribution in [0.15, 0.2) is 78.9 Å². The Kier molecular flexibility index (Phi) is 8.31. The van der Waals surface area contributed by atoms with Gasteiger partial charge in [-0.2, -0.15) is 6.07 Å². The third-order valence-corrected chi connectivity index (χ3v) is 6.20. The normalized spacial score (nSPS) is 11.7. The first-order chi connectivity index (χ1) is 15.9. The summed E-state index contributed by atoms with van der Waals surface area (Å²) >= 11 is 1.51. The van der Waals surface area contributed by atoms with Crippen LogP contribution in [0.5, 0.6) is 0 Å². The predicted octanol–water partition coefficient (Wildman–Crippen LogP) is 9.53. The number of aryl methyl sites for hydroxylation is 1. The Morgan fingerprint density at radius 3 is 1.56 bits per heavy atom. The van der Waals surface area contributed by atoms with E-state index in [0.717, 1.165) is 0 Å². The molecule has 0 atom stereocenters. The maximum Gasteiger partial charge on any atom is -0.0579 e. The number of hydrogen-bond donors (Lipinski definition) is 0. The third kappa shape index (κ3) is 6.31. The van der Waals surface area contributed by atoms with Gasteiger partial charge in [-0.15, -0.1) is 80.3 Å². The molecular formula is C33H38Zr. The van der Waals surface area contributed by atoms with Gasteiger partial charge in [0.1, 0.15) is 0 Å². The molecule has 0 radical (unpaired) electrons. The van der Waals surface area contributed by atoms with Gasteiger partial charge in [0.05, 0.1) is 0 Å². The summed E-state index contributed by atoms with van der Waals surface area (Å²) in [5.41, 5.74) is 4.56. The van der Waals surface area contributed by atoms with E-state index in [4.69, 9.17) is 0 Å². The zero-order valence-corrected chi connectivity index (χ0v) is 24.5. The van der Waals surface area contributed by atoms with E-state index in [0.29, 0.717) is 0 Å². The molecular weight excluding hydrogens is 488 g/mol. The minimum Gasteiger partial charge on any atom is -0.165 e. The molecule has 0 heterocycles. The van der Waals surface area contributed by atoms with Crippen LogP contribution in [0.1, 0.15) is 65.2 Å². The van der Waals surface area contributed by atoms with Crippen LogP contribution < -0.4 is 0 Å². The molecule has 0 aromatic heterocycles. The Hall–Kier alpha value is -2.11. The zero-order valence-electron chi connectivity index (χ0n) is 22.1. The van der Waals surface area contributed by atoms with Crippen LogP contribution in [-0.2, 0) is 35.1 Å². The largest absolute Gasteiger partial charge is 0.165 e. The molecule has 174 valence electrons. The van der Waals surface area contributed by atoms with E-state index < -0.39 is 0 Å². The van der Waals surface area contributed by atoms with E-state index in [-0.39, 0.29) is 10.8 Å². The Morgan fingerprint density at radius 1 is 0.647 bits per heavy atom. The molecule has 0 bridgehead atoms. The van der Waals surface area contributed by atoms with Gasteiger partial charge in [0, 0.05) is 0 Å². The maximum absolute atomic E-state index is 2.35. The third-order valence-electron chi connectivity index (χ3n) is 6.20. The second kappa shape index (κ2) is 10.7. The Morgan fingerprint density at radius 2 is 1.12 bits per heavy atom. The summed E-state index contributed by atoms with van der Waals surface area (Å²) in [6.07, 6.45) is 0. The van der Waals surface area contributed by atoms with Crippen LogP contribution >= 0.6 is 0 Å². The van der Waals surface area contributed by atoms with Gasteiger partial charge in [0.25, 0.3) is 0 Å². The molecule has 0 aliphatic carbocycles. The molecule has 0 amide bonds. The summed E-state index contributed by atoms with van der Waals surface area (Å²) in [5.74, 6) is 0. The Balaban J connectivity index is 0.000000206. The van der Waals surface area contributed by atoms with E-state index in [1.807, 2.05) is 6.92 Å². The summed E-state index contributed by atoms with van der Waals surface area (Å²) in [4.78, 5) is 0. The van der Waals surface area contributed by atoms with Crippen LogP contribution in [0.3, 0.4) is 0 Å². The topological polar surface area (TPSA) is 0 Å². The SMILES string of the molecule is CC(C)(C)c1ccc2c(c1)[cH-]c1cc(C(C)(C)C)ccc12.C[CH]=[Zr+2].Cc1cc2ccccc2[cH-]1. The zero-order chi connectivity index (χ0) is 25.1. The predicted molar refractivity (Wildman–Crippen MR) is 150 cm³/mol. The van der Waals surface area contributed by atoms with E-state index in [9.17, 15) is 0 Å². The number of hydrogen-bond acceptors (Lipinski definition) is 0. The van der Waals surface area contributed by atoms with Crippen molar-refractivity contribution in [2.75, 3.05) is 0 Å². The van der Waals surface area contributed by atoms with E-state index in [2.05, 4.69) is 131 Å². The molecule has 1 heteroatoms. The summed E-state index contributed by atoms with van der Waals surface area (Å²) in [6, 6.07) is 29.0. The molecule has 0 aliphatic heterocycles. The van der Waals surface area contributed by atoms with Crippen molar-refractivity contribution >= 4 is 36.0 Å². The number of fused-ring (bicyclic) bond motifs is 4. The Labute approximate surface area is 221 Å². The smallest absolute Gasteiger partial charge is 0.0579 e. The van der Waals surface area contributed by atoms with Crippen molar-refractivity contribution in [1.29, 1.82) is 0 Å². The molecule has 5 rings (SSSR count). The first kappa shape index (κ1) is 26.5. The van der Waals surface area contributed by atoms with E-state index in [1.165, 1.54) is 73.2 Å². The first-order valence-electron chi connectivity index (χ1n) is 12.2. The van der Waals surface area contributed by atoms with Gasteiger partial charge in [-0.25, -0.2) is 0 Å². The van der Waals surface area contributed by atoms with Crippen LogP contribution in [0.2, 0.25) is 0 Å². The Bertz CT molecular complexity index is 1290. The average Bonchev–Trinajstić information content (AvgIpc) is 3.31. The number of rotatable bonds is 0. The van der Waals surface area contributed by atoms with Crippen molar-refractivity contribution < 1.29 is 24.2 Å². The second-order valence-electron chi connectivity index (χ2n) is 11.2. The van der Waals surface area contributed by atoms with Crippen molar-refractivity contribution in [1.82, 2.24) is 0 Å². The van der Waals surface area contributed by atoms with Crippen molar-refractivity contribution in [3.63, 3.8) is 0 Å². The van der Waals surface area contributed by atoms with Gasteiger partial charge in [0.2, 0.25) is 0 Å². The average molecular weight is 526 g/mol. The number of benzene rings is 3. The van der Waals surface area contributed by atoms with E-state index in [1.54, 1.807) is 0 Å². The van der Waals surface area contributed by atoms with Crippen LogP contribution in [0, 0.1) is 6.92 Å². The molecule has 5 aromatic rings. The molecule has 0 aliphatic rings. The van der Waals surface area contributed by atoms with Crippen molar-refractivity contribution in [3.8, 4) is 0 Å². The van der Waals surface area contributed by atoms with Crippen molar-refractivity contribution in [3.05, 3.63) is 95.6 Å². The van der Waals surface area contributed by atoms with Crippen LogP contribution in [0.25, 0.3) is 32.3 Å². The molecule has 5 aromatic carbocycles. The monoisotopic (exact) mass is 524 g/mol. The van der Waals surface area contributed by atoms with Crippen LogP contribution in [0.4, 0.5) is 0 Å². The van der Waals surface area contributed by atoms with Gasteiger partial charge < -0.3 is 0 Å². The van der Waals surface area contributed by atoms with Gasteiger partial charge >= 0.3 is 34.9 Å². The molecule has 0 saturated heterocycles. The fraction of sp³-hybridized carbons (Fsp3) is 0.303. The van der Waals surface area contributed by atoms with E-state index >= 15 is 0 Å². The summed E-state index contributed by atoms with van der Waals surface area (Å²) in [6.45, 7) is 17.8. The quantitative estimate of drug-likeness (QED) is 0.177. The minimum atomic E-state index is 0.203. The summed E-state index contributed by atoms with van der Waals surface area (Å²) in [5, 5.41) is 8.17. The standard InChI is InChI=1S/C21H25.C10H9.C2H4.Zr/c1-20(2,3)16-7-9-18-14(12-16)11-15-13-17(21(4,5)6)8-10-19(15)18;1-8-6-9-4-2-3-5-10(9)7-8;1-2;/h7-13H,1-6H3;2-7H,1H3;1H,2H3;/q2*-1;;+2. The molecule has 0 saturated carbocycles. The fourth-order valence-electron chi connectivity index (χ4n) is 4.26.